The van der Waals surface area contributed by atoms with Gasteiger partial charge in [-0.25, -0.2) is 4.39 Å². The molecule has 0 amide bonds. The first-order valence-corrected chi connectivity index (χ1v) is 8.67. The van der Waals surface area contributed by atoms with Crippen molar-refractivity contribution in [3.63, 3.8) is 0 Å². The number of hydrogen-bond donors (Lipinski definition) is 2. The fraction of sp³-hybridized carbons (Fsp3) is 0.0556. The summed E-state index contributed by atoms with van der Waals surface area (Å²) in [5, 5.41) is 12.9. The van der Waals surface area contributed by atoms with Gasteiger partial charge in [-0.2, -0.15) is 5.10 Å². The van der Waals surface area contributed by atoms with Crippen LogP contribution in [0.5, 0.6) is 11.5 Å². The van der Waals surface area contributed by atoms with Gasteiger partial charge in [0, 0.05) is 40.7 Å². The maximum Gasteiger partial charge on any atom is 0.325 e. The average Bonchev–Trinajstić information content (AvgIpc) is 3.23. The summed E-state index contributed by atoms with van der Waals surface area (Å²) >= 11 is 1.40. The van der Waals surface area contributed by atoms with Crippen molar-refractivity contribution in [1.29, 1.82) is 0 Å². The topological polar surface area (TPSA) is 103 Å². The summed E-state index contributed by atoms with van der Waals surface area (Å²) in [6, 6.07) is 7.75. The van der Waals surface area contributed by atoms with Crippen LogP contribution < -0.4 is 10.5 Å². The number of hydrogen-bond acceptors (Lipinski definition) is 6. The minimum absolute atomic E-state index is 0.0703. The number of thiophene rings is 1. The molecule has 4 aromatic rings. The van der Waals surface area contributed by atoms with Crippen molar-refractivity contribution in [2.24, 2.45) is 0 Å². The molecule has 0 bridgehead atoms. The molecule has 136 valence electrons. The number of anilines is 1. The molecule has 27 heavy (non-hydrogen) atoms. The molecule has 7 nitrogen and oxygen atoms in total. The Bertz CT molecular complexity index is 1150. The summed E-state index contributed by atoms with van der Waals surface area (Å²) in [6.45, 7) is -0.214. The number of nitrogens with two attached hydrogens (primary N) is 1. The van der Waals surface area contributed by atoms with E-state index in [0.29, 0.717) is 17.0 Å². The van der Waals surface area contributed by atoms with Gasteiger partial charge in [0.15, 0.2) is 11.6 Å². The number of rotatable bonds is 5. The molecule has 1 aromatic carbocycles. The van der Waals surface area contributed by atoms with Gasteiger partial charge in [0.05, 0.1) is 16.4 Å². The highest BCUT2D eigenvalue weighted by Crippen LogP contribution is 2.39. The van der Waals surface area contributed by atoms with Crippen LogP contribution in [0.25, 0.3) is 20.7 Å². The molecular formula is C18H13FN4O3S. The fourth-order valence-electron chi connectivity index (χ4n) is 2.57. The van der Waals surface area contributed by atoms with Crippen LogP contribution >= 0.6 is 11.3 Å². The van der Waals surface area contributed by atoms with Gasteiger partial charge in [-0.15, -0.1) is 11.3 Å². The van der Waals surface area contributed by atoms with Crippen LogP contribution in [0.4, 0.5) is 10.1 Å². The number of nitrogen functional groups attached to an aromatic ring is 1. The standard InChI is InChI=1S/C18H13FN4O3S/c19-12-5-11(20)1-2-14(12)26-15-3-4-21-13-6-16(27-18(13)15)10-7-22-23(8-10)9-17(24)25/h1-8H,9,20H2,(H,24,25). The van der Waals surface area contributed by atoms with Crippen molar-refractivity contribution in [3.05, 3.63) is 54.7 Å². The molecule has 0 radical (unpaired) electrons. The summed E-state index contributed by atoms with van der Waals surface area (Å²) in [5.74, 6) is -0.977. The van der Waals surface area contributed by atoms with E-state index in [0.717, 1.165) is 15.1 Å². The van der Waals surface area contributed by atoms with Crippen LogP contribution in [0.15, 0.2) is 48.9 Å². The molecular weight excluding hydrogens is 371 g/mol. The maximum absolute atomic E-state index is 14.0. The predicted molar refractivity (Wildman–Crippen MR) is 99.4 cm³/mol. The van der Waals surface area contributed by atoms with Gasteiger partial charge in [0.25, 0.3) is 0 Å². The number of ether oxygens (including phenoxy) is 1. The van der Waals surface area contributed by atoms with Gasteiger partial charge in [0.2, 0.25) is 0 Å². The second-order valence-corrected chi connectivity index (χ2v) is 6.80. The van der Waals surface area contributed by atoms with Crippen LogP contribution in [0.1, 0.15) is 0 Å². The largest absolute Gasteiger partial charge is 0.480 e. The maximum atomic E-state index is 14.0. The third-order valence-electron chi connectivity index (χ3n) is 3.77. The highest BCUT2D eigenvalue weighted by Gasteiger charge is 2.14. The Morgan fingerprint density at radius 1 is 1.30 bits per heavy atom. The Labute approximate surface area is 156 Å². The Morgan fingerprint density at radius 3 is 2.93 bits per heavy atom. The minimum atomic E-state index is -0.969. The number of benzene rings is 1. The molecule has 0 saturated heterocycles. The van der Waals surface area contributed by atoms with Crippen molar-refractivity contribution < 1.29 is 19.0 Å². The van der Waals surface area contributed by atoms with Crippen molar-refractivity contribution in [2.45, 2.75) is 6.54 Å². The molecule has 0 fully saturated rings. The normalized spacial score (nSPS) is 11.0. The summed E-state index contributed by atoms with van der Waals surface area (Å²) in [4.78, 5) is 16.0. The molecule has 0 saturated carbocycles. The Balaban J connectivity index is 1.69. The summed E-state index contributed by atoms with van der Waals surface area (Å²) in [5.41, 5.74) is 7.34. The van der Waals surface area contributed by atoms with Crippen molar-refractivity contribution in [3.8, 4) is 21.9 Å². The van der Waals surface area contributed by atoms with Gasteiger partial charge < -0.3 is 15.6 Å². The van der Waals surface area contributed by atoms with E-state index in [1.165, 1.54) is 28.2 Å². The van der Waals surface area contributed by atoms with Gasteiger partial charge >= 0.3 is 5.97 Å². The zero-order chi connectivity index (χ0) is 19.0. The average molecular weight is 384 g/mol. The summed E-state index contributed by atoms with van der Waals surface area (Å²) in [7, 11) is 0. The van der Waals surface area contributed by atoms with Gasteiger partial charge in [0.1, 0.15) is 12.3 Å². The lowest BCUT2D eigenvalue weighted by Gasteiger charge is -2.07. The van der Waals surface area contributed by atoms with Crippen LogP contribution in [0.3, 0.4) is 0 Å². The lowest BCUT2D eigenvalue weighted by atomic mass is 10.2. The number of carboxylic acid groups (broad SMARTS) is 1. The van der Waals surface area contributed by atoms with E-state index in [1.807, 2.05) is 6.07 Å². The quantitative estimate of drug-likeness (QED) is 0.508. The molecule has 0 unspecified atom stereocenters. The highest BCUT2D eigenvalue weighted by molar-refractivity contribution is 7.22. The number of carboxylic acids is 1. The summed E-state index contributed by atoms with van der Waals surface area (Å²) in [6.07, 6.45) is 4.82. The second kappa shape index (κ2) is 6.69. The number of pyridine rings is 1. The Morgan fingerprint density at radius 2 is 2.15 bits per heavy atom. The number of carbonyl (C=O) groups is 1. The molecule has 0 aliphatic rings. The van der Waals surface area contributed by atoms with E-state index in [-0.39, 0.29) is 12.3 Å². The number of fused-ring (bicyclic) bond motifs is 1. The molecule has 3 aromatic heterocycles. The van der Waals surface area contributed by atoms with Crippen LogP contribution in [0.2, 0.25) is 0 Å². The number of aliphatic carboxylic acids is 1. The van der Waals surface area contributed by atoms with Crippen LogP contribution in [-0.4, -0.2) is 25.8 Å². The first kappa shape index (κ1) is 17.0. The van der Waals surface area contributed by atoms with Gasteiger partial charge in [-0.3, -0.25) is 14.5 Å². The zero-order valence-electron chi connectivity index (χ0n) is 13.8. The van der Waals surface area contributed by atoms with E-state index in [2.05, 4.69) is 10.1 Å². The molecule has 4 rings (SSSR count). The lowest BCUT2D eigenvalue weighted by Crippen LogP contribution is -2.08. The van der Waals surface area contributed by atoms with E-state index < -0.39 is 11.8 Å². The second-order valence-electron chi connectivity index (χ2n) is 5.75. The monoisotopic (exact) mass is 384 g/mol. The fourth-order valence-corrected chi connectivity index (χ4v) is 3.61. The van der Waals surface area contributed by atoms with Crippen LogP contribution in [0, 0.1) is 5.82 Å². The predicted octanol–water partition coefficient (Wildman–Crippen LogP) is 3.76. The molecule has 0 aliphatic heterocycles. The van der Waals surface area contributed by atoms with Gasteiger partial charge in [-0.1, -0.05) is 0 Å². The number of aromatic nitrogens is 3. The zero-order valence-corrected chi connectivity index (χ0v) is 14.6. The Kier molecular flexibility index (Phi) is 4.21. The van der Waals surface area contributed by atoms with Crippen molar-refractivity contribution in [1.82, 2.24) is 14.8 Å². The minimum Gasteiger partial charge on any atom is -0.480 e. The number of nitrogens with zero attached hydrogens (tertiary/aromatic N) is 3. The molecule has 3 heterocycles. The third kappa shape index (κ3) is 3.44. The van der Waals surface area contributed by atoms with Crippen molar-refractivity contribution in [2.75, 3.05) is 5.73 Å². The molecule has 3 N–H and O–H groups in total. The third-order valence-corrected chi connectivity index (χ3v) is 4.95. The number of halogens is 1. The van der Waals surface area contributed by atoms with E-state index in [9.17, 15) is 9.18 Å². The lowest BCUT2D eigenvalue weighted by molar-refractivity contribution is -0.137. The van der Waals surface area contributed by atoms with E-state index >= 15 is 0 Å². The van der Waals surface area contributed by atoms with Crippen molar-refractivity contribution >= 4 is 33.2 Å². The first-order valence-electron chi connectivity index (χ1n) is 7.85. The molecule has 0 atom stereocenters. The van der Waals surface area contributed by atoms with Crippen LogP contribution in [-0.2, 0) is 11.3 Å². The molecule has 0 aliphatic carbocycles. The first-order chi connectivity index (χ1) is 13.0. The van der Waals surface area contributed by atoms with E-state index in [1.54, 1.807) is 30.7 Å². The summed E-state index contributed by atoms with van der Waals surface area (Å²) < 4.78 is 21.9. The molecule has 0 spiro atoms. The smallest absolute Gasteiger partial charge is 0.325 e. The highest BCUT2D eigenvalue weighted by atomic mass is 32.1. The Hall–Kier alpha value is -3.46. The molecule has 9 heteroatoms. The van der Waals surface area contributed by atoms with Gasteiger partial charge in [-0.05, 0) is 18.2 Å². The van der Waals surface area contributed by atoms with E-state index in [4.69, 9.17) is 15.6 Å². The SMILES string of the molecule is Nc1ccc(Oc2ccnc3cc(-c4cnn(CC(=O)O)c4)sc23)c(F)c1.